The van der Waals surface area contributed by atoms with Crippen LogP contribution in [0.15, 0.2) is 24.3 Å². The fraction of sp³-hybridized carbons (Fsp3) is 0.588. The summed E-state index contributed by atoms with van der Waals surface area (Å²) in [6, 6.07) is 7.88. The largest absolute Gasteiger partial charge is 0.461 e. The third kappa shape index (κ3) is 2.88. The number of ether oxygens (including phenoxy) is 1. The fourth-order valence-corrected chi connectivity index (χ4v) is 3.53. The number of fused-ring (bicyclic) bond motifs is 1. The van der Waals surface area contributed by atoms with Crippen molar-refractivity contribution in [3.05, 3.63) is 35.4 Å². The van der Waals surface area contributed by atoms with Gasteiger partial charge in [0.15, 0.2) is 0 Å². The minimum atomic E-state index is -0.431. The Morgan fingerprint density at radius 3 is 2.30 bits per heavy atom. The summed E-state index contributed by atoms with van der Waals surface area (Å²) in [4.78, 5) is 12.2. The first-order valence-corrected chi connectivity index (χ1v) is 7.77. The van der Waals surface area contributed by atoms with Crippen LogP contribution in [0.2, 0.25) is 0 Å². The Morgan fingerprint density at radius 2 is 1.70 bits per heavy atom. The van der Waals surface area contributed by atoms with E-state index in [1.807, 2.05) is 12.1 Å². The van der Waals surface area contributed by atoms with Gasteiger partial charge < -0.3 is 10.5 Å². The molecular weight excluding hydrogens is 250 g/mol. The van der Waals surface area contributed by atoms with Crippen molar-refractivity contribution in [2.75, 3.05) is 0 Å². The van der Waals surface area contributed by atoms with Crippen LogP contribution in [0.5, 0.6) is 0 Å². The van der Waals surface area contributed by atoms with E-state index in [9.17, 15) is 4.79 Å². The molecule has 1 aromatic rings. The number of hydrogen-bond acceptors (Lipinski definition) is 3. The van der Waals surface area contributed by atoms with Gasteiger partial charge in [0.2, 0.25) is 0 Å². The molecule has 3 nitrogen and oxygen atoms in total. The molecule has 1 fully saturated rings. The molecular formula is C17H23NO2. The number of esters is 1. The van der Waals surface area contributed by atoms with Crippen molar-refractivity contribution in [2.24, 2.45) is 11.7 Å². The zero-order chi connectivity index (χ0) is 13.9. The summed E-state index contributed by atoms with van der Waals surface area (Å²) < 4.78 is 5.64. The Balaban J connectivity index is 1.55. The van der Waals surface area contributed by atoms with Crippen molar-refractivity contribution in [2.45, 2.75) is 57.1 Å². The molecule has 0 unspecified atom stereocenters. The molecule has 0 saturated heterocycles. The molecule has 0 aromatic heterocycles. The lowest BCUT2D eigenvalue weighted by Crippen LogP contribution is -2.42. The normalized spacial score (nSPS) is 21.4. The van der Waals surface area contributed by atoms with Crippen LogP contribution in [0.4, 0.5) is 0 Å². The van der Waals surface area contributed by atoms with Crippen molar-refractivity contribution in [1.82, 2.24) is 0 Å². The lowest BCUT2D eigenvalue weighted by Gasteiger charge is -2.27. The van der Waals surface area contributed by atoms with Crippen LogP contribution in [-0.4, -0.2) is 18.1 Å². The molecule has 0 heterocycles. The summed E-state index contributed by atoms with van der Waals surface area (Å²) in [6.45, 7) is 0. The highest BCUT2D eigenvalue weighted by Gasteiger charge is 2.31. The summed E-state index contributed by atoms with van der Waals surface area (Å²) in [5.74, 6) is 0.120. The van der Waals surface area contributed by atoms with Crippen LogP contribution in [0.25, 0.3) is 0 Å². The maximum Gasteiger partial charge on any atom is 0.323 e. The van der Waals surface area contributed by atoms with Gasteiger partial charge in [-0.05, 0) is 29.9 Å². The fourth-order valence-electron chi connectivity index (χ4n) is 3.53. The molecule has 2 N–H and O–H groups in total. The second-order valence-corrected chi connectivity index (χ2v) is 6.16. The maximum absolute atomic E-state index is 12.2. The second kappa shape index (κ2) is 5.96. The highest BCUT2D eigenvalue weighted by Crippen LogP contribution is 2.28. The van der Waals surface area contributed by atoms with E-state index in [4.69, 9.17) is 10.5 Å². The van der Waals surface area contributed by atoms with Gasteiger partial charge in [0.05, 0.1) is 0 Å². The van der Waals surface area contributed by atoms with E-state index < -0.39 is 6.04 Å². The first-order chi connectivity index (χ1) is 9.74. The van der Waals surface area contributed by atoms with Gasteiger partial charge in [-0.3, -0.25) is 4.79 Å². The van der Waals surface area contributed by atoms with Gasteiger partial charge in [0, 0.05) is 12.8 Å². The highest BCUT2D eigenvalue weighted by molar-refractivity contribution is 5.76. The van der Waals surface area contributed by atoms with Crippen LogP contribution in [0, 0.1) is 5.92 Å². The molecule has 108 valence electrons. The molecule has 3 heteroatoms. The van der Waals surface area contributed by atoms with Crippen LogP contribution < -0.4 is 5.73 Å². The van der Waals surface area contributed by atoms with Crippen LogP contribution in [0.1, 0.15) is 43.2 Å². The van der Waals surface area contributed by atoms with Gasteiger partial charge >= 0.3 is 5.97 Å². The van der Waals surface area contributed by atoms with Gasteiger partial charge in [-0.25, -0.2) is 0 Å². The van der Waals surface area contributed by atoms with Crippen molar-refractivity contribution >= 4 is 5.97 Å². The summed E-state index contributed by atoms with van der Waals surface area (Å²) >= 11 is 0. The van der Waals surface area contributed by atoms with E-state index in [1.54, 1.807) is 0 Å². The number of nitrogens with two attached hydrogens (primary N) is 1. The van der Waals surface area contributed by atoms with E-state index >= 15 is 0 Å². The average molecular weight is 273 g/mol. The van der Waals surface area contributed by atoms with Crippen LogP contribution in [0.3, 0.4) is 0 Å². The number of benzene rings is 1. The number of carbonyl (C=O) groups excluding carboxylic acids is 1. The first-order valence-electron chi connectivity index (χ1n) is 7.77. The van der Waals surface area contributed by atoms with Crippen molar-refractivity contribution in [3.8, 4) is 0 Å². The summed E-state index contributed by atoms with van der Waals surface area (Å²) in [6.07, 6.45) is 7.45. The molecule has 20 heavy (non-hydrogen) atoms. The van der Waals surface area contributed by atoms with Gasteiger partial charge in [0.1, 0.15) is 12.1 Å². The molecule has 1 aromatic carbocycles. The van der Waals surface area contributed by atoms with E-state index in [1.165, 1.54) is 30.4 Å². The molecule has 0 radical (unpaired) electrons. The lowest BCUT2D eigenvalue weighted by atomic mass is 9.84. The molecule has 0 aliphatic heterocycles. The number of rotatable bonds is 3. The maximum atomic E-state index is 12.2. The molecule has 3 rings (SSSR count). The quantitative estimate of drug-likeness (QED) is 0.861. The van der Waals surface area contributed by atoms with Gasteiger partial charge in [-0.1, -0.05) is 43.5 Å². The monoisotopic (exact) mass is 273 g/mol. The van der Waals surface area contributed by atoms with Crippen molar-refractivity contribution < 1.29 is 9.53 Å². The molecule has 1 atom stereocenters. The standard InChI is InChI=1S/C17H23NO2/c18-16(12-6-2-1-3-7-12)17(19)20-15-10-13-8-4-5-9-14(13)11-15/h4-5,8-9,12,15-16H,1-3,6-7,10-11,18H2/t16-/m0/s1. The molecule has 0 spiro atoms. The van der Waals surface area contributed by atoms with Gasteiger partial charge in [0.25, 0.3) is 0 Å². The number of hydrogen-bond donors (Lipinski definition) is 1. The average Bonchev–Trinajstić information content (AvgIpc) is 2.89. The lowest BCUT2D eigenvalue weighted by molar-refractivity contribution is -0.151. The highest BCUT2D eigenvalue weighted by atomic mass is 16.5. The van der Waals surface area contributed by atoms with Gasteiger partial charge in [-0.2, -0.15) is 0 Å². The predicted molar refractivity (Wildman–Crippen MR) is 78.3 cm³/mol. The van der Waals surface area contributed by atoms with Crippen LogP contribution in [-0.2, 0) is 22.4 Å². The molecule has 0 amide bonds. The van der Waals surface area contributed by atoms with E-state index in [2.05, 4.69) is 12.1 Å². The number of carbonyl (C=O) groups is 1. The Kier molecular flexibility index (Phi) is 4.06. The smallest absolute Gasteiger partial charge is 0.323 e. The zero-order valence-corrected chi connectivity index (χ0v) is 11.9. The van der Waals surface area contributed by atoms with Gasteiger partial charge in [-0.15, -0.1) is 0 Å². The van der Waals surface area contributed by atoms with E-state index in [0.717, 1.165) is 25.7 Å². The van der Waals surface area contributed by atoms with Crippen LogP contribution >= 0.6 is 0 Å². The Morgan fingerprint density at radius 1 is 1.10 bits per heavy atom. The Hall–Kier alpha value is -1.35. The molecule has 1 saturated carbocycles. The van der Waals surface area contributed by atoms with E-state index in [0.29, 0.717) is 5.92 Å². The Bertz CT molecular complexity index is 455. The zero-order valence-electron chi connectivity index (χ0n) is 11.9. The SMILES string of the molecule is N[C@H](C(=O)OC1Cc2ccccc2C1)C1CCCCC1. The summed E-state index contributed by atoms with van der Waals surface area (Å²) in [7, 11) is 0. The summed E-state index contributed by atoms with van der Waals surface area (Å²) in [5, 5.41) is 0. The molecule has 0 bridgehead atoms. The minimum Gasteiger partial charge on any atom is -0.461 e. The third-order valence-electron chi connectivity index (χ3n) is 4.73. The summed E-state index contributed by atoms with van der Waals surface area (Å²) in [5.41, 5.74) is 8.71. The Labute approximate surface area is 120 Å². The van der Waals surface area contributed by atoms with Crippen molar-refractivity contribution in [1.29, 1.82) is 0 Å². The minimum absolute atomic E-state index is 0.0189. The molecule has 2 aliphatic rings. The molecule has 2 aliphatic carbocycles. The van der Waals surface area contributed by atoms with Crippen molar-refractivity contribution in [3.63, 3.8) is 0 Å². The topological polar surface area (TPSA) is 52.3 Å². The predicted octanol–water partition coefficient (Wildman–Crippen LogP) is 2.60. The van der Waals surface area contributed by atoms with E-state index in [-0.39, 0.29) is 12.1 Å². The first kappa shape index (κ1) is 13.6. The third-order valence-corrected chi connectivity index (χ3v) is 4.73. The second-order valence-electron chi connectivity index (χ2n) is 6.16.